The molecule has 0 aromatic heterocycles. The minimum absolute atomic E-state index is 0.170. The molecule has 0 rings (SSSR count). The lowest BCUT2D eigenvalue weighted by atomic mass is 10.2. The summed E-state index contributed by atoms with van der Waals surface area (Å²) in [6.45, 7) is 2.06. The second-order valence-electron chi connectivity index (χ2n) is 1.48. The van der Waals surface area contributed by atoms with Crippen LogP contribution in [0.25, 0.3) is 0 Å². The number of rotatable bonds is 2. The molecule has 1 unspecified atom stereocenters. The van der Waals surface area contributed by atoms with Crippen molar-refractivity contribution in [3.63, 3.8) is 0 Å². The van der Waals surface area contributed by atoms with Crippen molar-refractivity contribution in [1.29, 1.82) is 0 Å². The molecule has 1 N–H and O–H groups in total. The van der Waals surface area contributed by atoms with E-state index in [0.717, 1.165) is 0 Å². The summed E-state index contributed by atoms with van der Waals surface area (Å²) in [5, 5.41) is 8.36. The van der Waals surface area contributed by atoms with Gasteiger partial charge in [-0.1, -0.05) is 24.6 Å². The van der Waals surface area contributed by atoms with E-state index >= 15 is 0 Å². The predicted octanol–water partition coefficient (Wildman–Crippen LogP) is 1.37. The molecule has 0 spiro atoms. The maximum atomic E-state index is 8.36. The zero-order valence-corrected chi connectivity index (χ0v) is 5.02. The van der Waals surface area contributed by atoms with Gasteiger partial charge in [0.05, 0.1) is 0 Å². The Hall–Kier alpha value is -0.0100. The first kappa shape index (κ1) is 6.99. The minimum Gasteiger partial charge on any atom is -0.396 e. The molecule has 0 heterocycles. The Kier molecular flexibility index (Phi) is 4.15. The van der Waals surface area contributed by atoms with E-state index in [-0.39, 0.29) is 12.5 Å². The second kappa shape index (κ2) is 4.16. The Balaban J connectivity index is 3.16. The van der Waals surface area contributed by atoms with E-state index in [2.05, 4.69) is 0 Å². The van der Waals surface area contributed by atoms with Crippen LogP contribution in [0.1, 0.15) is 6.92 Å². The molecule has 0 saturated heterocycles. The molecule has 0 aliphatic heterocycles. The summed E-state index contributed by atoms with van der Waals surface area (Å²) in [4.78, 5) is 0. The summed E-state index contributed by atoms with van der Waals surface area (Å²) in [5.74, 6) is 0.192. The quantitative estimate of drug-likeness (QED) is 0.584. The Labute approximate surface area is 48.6 Å². The van der Waals surface area contributed by atoms with E-state index in [1.165, 1.54) is 5.54 Å². The number of hydrogen-bond donors (Lipinski definition) is 1. The Morgan fingerprint density at radius 3 is 2.57 bits per heavy atom. The number of halogens is 1. The molecule has 0 saturated carbocycles. The van der Waals surface area contributed by atoms with Crippen LogP contribution in [0, 0.1) is 5.92 Å². The first-order chi connectivity index (χ1) is 3.31. The van der Waals surface area contributed by atoms with E-state index < -0.39 is 0 Å². The van der Waals surface area contributed by atoms with Crippen LogP contribution in [0.3, 0.4) is 0 Å². The molecule has 0 fully saturated rings. The van der Waals surface area contributed by atoms with Crippen LogP contribution in [0.4, 0.5) is 0 Å². The fourth-order valence-corrected chi connectivity index (χ4v) is 0.433. The van der Waals surface area contributed by atoms with Gasteiger partial charge < -0.3 is 5.11 Å². The van der Waals surface area contributed by atoms with Crippen molar-refractivity contribution in [1.82, 2.24) is 0 Å². The zero-order valence-electron chi connectivity index (χ0n) is 4.26. The van der Waals surface area contributed by atoms with Gasteiger partial charge in [0.2, 0.25) is 0 Å². The van der Waals surface area contributed by atoms with Gasteiger partial charge in [-0.15, -0.1) is 0 Å². The maximum Gasteiger partial charge on any atom is 0.0491 e. The van der Waals surface area contributed by atoms with Crippen LogP contribution in [-0.4, -0.2) is 11.7 Å². The lowest BCUT2D eigenvalue weighted by Crippen LogP contribution is -1.93. The van der Waals surface area contributed by atoms with Crippen LogP contribution in [-0.2, 0) is 0 Å². The van der Waals surface area contributed by atoms with Crippen LogP contribution >= 0.6 is 11.6 Å². The lowest BCUT2D eigenvalue weighted by Gasteiger charge is -1.94. The molecule has 0 aromatic rings. The Morgan fingerprint density at radius 2 is 2.43 bits per heavy atom. The van der Waals surface area contributed by atoms with E-state index in [1.807, 2.05) is 6.92 Å². The summed E-state index contributed by atoms with van der Waals surface area (Å²) in [5.41, 5.74) is 1.42. The molecule has 7 heavy (non-hydrogen) atoms. The smallest absolute Gasteiger partial charge is 0.0491 e. The third-order valence-electron chi connectivity index (χ3n) is 0.689. The molecule has 1 nitrogen and oxygen atoms in total. The molecule has 42 valence electrons. The summed E-state index contributed by atoms with van der Waals surface area (Å²) in [7, 11) is 0. The van der Waals surface area contributed by atoms with E-state index in [0.29, 0.717) is 0 Å². The fourth-order valence-electron chi connectivity index (χ4n) is 0.185. The van der Waals surface area contributed by atoms with Gasteiger partial charge in [-0.05, 0) is 5.92 Å². The number of aliphatic hydroxyl groups excluding tert-OH is 1. The molecule has 0 radical (unpaired) electrons. The lowest BCUT2D eigenvalue weighted by molar-refractivity contribution is 0.262. The van der Waals surface area contributed by atoms with Crippen molar-refractivity contribution in [3.8, 4) is 0 Å². The van der Waals surface area contributed by atoms with Gasteiger partial charge in [0.25, 0.3) is 0 Å². The van der Waals surface area contributed by atoms with E-state index in [1.54, 1.807) is 6.08 Å². The average molecular weight is 121 g/mol. The van der Waals surface area contributed by atoms with Crippen molar-refractivity contribution in [2.24, 2.45) is 5.92 Å². The van der Waals surface area contributed by atoms with Crippen molar-refractivity contribution < 1.29 is 5.11 Å². The highest BCUT2D eigenvalue weighted by molar-refractivity contribution is 6.25. The molecule has 1 atom stereocenters. The molecule has 0 aromatic carbocycles. The third kappa shape index (κ3) is 3.83. The monoisotopic (exact) mass is 120 g/mol. The minimum atomic E-state index is 0.170. The van der Waals surface area contributed by atoms with Crippen LogP contribution in [0.15, 0.2) is 11.6 Å². The molecule has 0 bridgehead atoms. The van der Waals surface area contributed by atoms with Crippen molar-refractivity contribution in [2.75, 3.05) is 6.61 Å². The molecule has 0 amide bonds. The highest BCUT2D eigenvalue weighted by atomic mass is 35.5. The SMILES string of the molecule is CC(/C=C/Cl)CO. The molecule has 0 aliphatic carbocycles. The van der Waals surface area contributed by atoms with Gasteiger partial charge in [-0.25, -0.2) is 0 Å². The molecule has 2 heteroatoms. The zero-order chi connectivity index (χ0) is 5.70. The first-order valence-electron chi connectivity index (χ1n) is 2.19. The number of hydrogen-bond acceptors (Lipinski definition) is 1. The second-order valence-corrected chi connectivity index (χ2v) is 1.73. The van der Waals surface area contributed by atoms with Gasteiger partial charge >= 0.3 is 0 Å². The highest BCUT2D eigenvalue weighted by Gasteiger charge is 1.88. The highest BCUT2D eigenvalue weighted by Crippen LogP contribution is 1.94. The van der Waals surface area contributed by atoms with Gasteiger partial charge in [-0.3, -0.25) is 0 Å². The standard InChI is InChI=1S/C5H9ClO/c1-5(4-7)2-3-6/h2-3,5,7H,4H2,1H3/b3-2+. The largest absolute Gasteiger partial charge is 0.396 e. The first-order valence-corrected chi connectivity index (χ1v) is 2.62. The summed E-state index contributed by atoms with van der Waals surface area (Å²) in [6, 6.07) is 0. The van der Waals surface area contributed by atoms with Crippen molar-refractivity contribution in [3.05, 3.63) is 11.6 Å². The summed E-state index contributed by atoms with van der Waals surface area (Å²) < 4.78 is 0. The van der Waals surface area contributed by atoms with Crippen LogP contribution in [0.5, 0.6) is 0 Å². The van der Waals surface area contributed by atoms with Gasteiger partial charge in [0.1, 0.15) is 0 Å². The van der Waals surface area contributed by atoms with Crippen LogP contribution < -0.4 is 0 Å². The van der Waals surface area contributed by atoms with Crippen molar-refractivity contribution in [2.45, 2.75) is 6.92 Å². The fraction of sp³-hybridized carbons (Fsp3) is 0.600. The Bertz CT molecular complexity index is 61.1. The molecule has 0 aliphatic rings. The van der Waals surface area contributed by atoms with Gasteiger partial charge in [0, 0.05) is 12.1 Å². The van der Waals surface area contributed by atoms with Crippen LogP contribution in [0.2, 0.25) is 0 Å². The topological polar surface area (TPSA) is 20.2 Å². The maximum absolute atomic E-state index is 8.36. The summed E-state index contributed by atoms with van der Waals surface area (Å²) >= 11 is 5.18. The Morgan fingerprint density at radius 1 is 1.86 bits per heavy atom. The molecular weight excluding hydrogens is 112 g/mol. The third-order valence-corrected chi connectivity index (χ3v) is 0.835. The van der Waals surface area contributed by atoms with Crippen molar-refractivity contribution >= 4 is 11.6 Å². The normalized spacial score (nSPS) is 15.3. The van der Waals surface area contributed by atoms with E-state index in [4.69, 9.17) is 16.7 Å². The average Bonchev–Trinajstić information content (AvgIpc) is 1.68. The van der Waals surface area contributed by atoms with Gasteiger partial charge in [-0.2, -0.15) is 0 Å². The molecular formula is C5H9ClO. The van der Waals surface area contributed by atoms with E-state index in [9.17, 15) is 0 Å². The van der Waals surface area contributed by atoms with Gasteiger partial charge in [0.15, 0.2) is 0 Å². The summed E-state index contributed by atoms with van der Waals surface area (Å²) in [6.07, 6.45) is 1.74. The predicted molar refractivity (Wildman–Crippen MR) is 31.2 cm³/mol. The number of aliphatic hydroxyl groups is 1.